The maximum absolute atomic E-state index is 12.8. The zero-order valence-corrected chi connectivity index (χ0v) is 16.3. The number of hydroxylamine groups is 2. The summed E-state index contributed by atoms with van der Waals surface area (Å²) >= 11 is 0. The molecule has 3 fully saturated rings. The number of nitrogens with zero attached hydrogens (tertiary/aromatic N) is 2. The molecule has 4 amide bonds. The van der Waals surface area contributed by atoms with Crippen LogP contribution in [0.1, 0.15) is 31.2 Å². The van der Waals surface area contributed by atoms with E-state index in [1.165, 1.54) is 9.96 Å². The second-order valence-electron chi connectivity index (χ2n) is 7.77. The lowest BCUT2D eigenvalue weighted by molar-refractivity contribution is -0.140. The number of hydrogen-bond donors (Lipinski definition) is 3. The third kappa shape index (κ3) is 4.35. The first-order chi connectivity index (χ1) is 14.1. The van der Waals surface area contributed by atoms with Gasteiger partial charge in [-0.25, -0.2) is 4.79 Å². The first kappa shape index (κ1) is 19.7. The fraction of sp³-hybridized carbons (Fsp3) is 0.550. The lowest BCUT2D eigenvalue weighted by Crippen LogP contribution is -2.55. The molecule has 9 nitrogen and oxygen atoms in total. The summed E-state index contributed by atoms with van der Waals surface area (Å²) < 4.78 is 0. The van der Waals surface area contributed by atoms with E-state index >= 15 is 0 Å². The van der Waals surface area contributed by atoms with Crippen molar-refractivity contribution in [3.8, 4) is 0 Å². The van der Waals surface area contributed by atoms with Crippen molar-refractivity contribution in [2.45, 2.75) is 44.4 Å². The number of hydrogen-bond acceptors (Lipinski definition) is 5. The van der Waals surface area contributed by atoms with Crippen LogP contribution in [0.4, 0.5) is 4.79 Å². The van der Waals surface area contributed by atoms with Crippen LogP contribution in [-0.2, 0) is 21.0 Å². The van der Waals surface area contributed by atoms with Crippen LogP contribution in [0.2, 0.25) is 0 Å². The van der Waals surface area contributed by atoms with Crippen molar-refractivity contribution in [2.75, 3.05) is 19.6 Å². The Kier molecular flexibility index (Phi) is 5.96. The maximum Gasteiger partial charge on any atom is 0.345 e. The van der Waals surface area contributed by atoms with E-state index in [9.17, 15) is 14.4 Å². The van der Waals surface area contributed by atoms with Gasteiger partial charge in [-0.3, -0.25) is 25.3 Å². The molecule has 1 aromatic carbocycles. The van der Waals surface area contributed by atoms with Crippen molar-refractivity contribution in [3.05, 3.63) is 35.9 Å². The summed E-state index contributed by atoms with van der Waals surface area (Å²) in [5.74, 6) is -0.624. The zero-order valence-electron chi connectivity index (χ0n) is 16.3. The molecule has 2 bridgehead atoms. The van der Waals surface area contributed by atoms with Crippen molar-refractivity contribution in [3.63, 3.8) is 0 Å². The van der Waals surface area contributed by atoms with E-state index in [0.29, 0.717) is 26.0 Å². The lowest BCUT2D eigenvalue weighted by Gasteiger charge is -2.29. The molecule has 3 saturated heterocycles. The van der Waals surface area contributed by atoms with Crippen LogP contribution >= 0.6 is 0 Å². The van der Waals surface area contributed by atoms with Crippen LogP contribution in [0.15, 0.2) is 30.3 Å². The first-order valence-electron chi connectivity index (χ1n) is 10.2. The molecule has 0 spiro atoms. The molecule has 2 atom stereocenters. The second kappa shape index (κ2) is 8.79. The molecule has 4 rings (SSSR count). The predicted molar refractivity (Wildman–Crippen MR) is 104 cm³/mol. The Morgan fingerprint density at radius 1 is 1.03 bits per heavy atom. The average molecular weight is 401 g/mol. The number of urea groups is 1. The fourth-order valence-corrected chi connectivity index (χ4v) is 4.18. The van der Waals surface area contributed by atoms with Gasteiger partial charge >= 0.3 is 6.03 Å². The Morgan fingerprint density at radius 2 is 1.76 bits per heavy atom. The molecular weight excluding hydrogens is 374 g/mol. The van der Waals surface area contributed by atoms with Crippen molar-refractivity contribution in [1.82, 2.24) is 26.1 Å². The molecule has 1 aromatic rings. The van der Waals surface area contributed by atoms with E-state index < -0.39 is 6.04 Å². The number of nitrogens with one attached hydrogen (secondary N) is 3. The minimum atomic E-state index is -0.600. The van der Waals surface area contributed by atoms with Gasteiger partial charge in [0.15, 0.2) is 0 Å². The second-order valence-corrected chi connectivity index (χ2v) is 7.77. The number of carbonyl (C=O) groups excluding carboxylic acids is 3. The van der Waals surface area contributed by atoms with Gasteiger partial charge in [0.05, 0.1) is 6.04 Å². The van der Waals surface area contributed by atoms with Gasteiger partial charge in [0.25, 0.3) is 5.91 Å². The third-order valence-electron chi connectivity index (χ3n) is 5.86. The van der Waals surface area contributed by atoms with Crippen LogP contribution in [0.3, 0.4) is 0 Å². The number of benzene rings is 1. The first-order valence-corrected chi connectivity index (χ1v) is 10.2. The summed E-state index contributed by atoms with van der Waals surface area (Å²) in [6, 6.07) is 8.69. The van der Waals surface area contributed by atoms with E-state index in [-0.39, 0.29) is 29.8 Å². The molecule has 3 aliphatic rings. The molecule has 9 heteroatoms. The summed E-state index contributed by atoms with van der Waals surface area (Å²) in [4.78, 5) is 44.9. The van der Waals surface area contributed by atoms with E-state index in [0.717, 1.165) is 31.5 Å². The van der Waals surface area contributed by atoms with Crippen LogP contribution in [0.25, 0.3) is 0 Å². The Balaban J connectivity index is 1.29. The van der Waals surface area contributed by atoms with E-state index in [1.807, 2.05) is 30.3 Å². The normalized spacial score (nSPS) is 24.5. The monoisotopic (exact) mass is 401 g/mol. The van der Waals surface area contributed by atoms with Crippen molar-refractivity contribution < 1.29 is 19.2 Å². The summed E-state index contributed by atoms with van der Waals surface area (Å²) in [6.07, 6.45) is 2.73. The lowest BCUT2D eigenvalue weighted by atomic mass is 9.97. The van der Waals surface area contributed by atoms with E-state index in [4.69, 9.17) is 4.84 Å². The average Bonchev–Trinajstić information content (AvgIpc) is 3.01. The van der Waals surface area contributed by atoms with E-state index in [2.05, 4.69) is 16.2 Å². The minimum absolute atomic E-state index is 0.0559. The molecule has 3 aliphatic heterocycles. The van der Waals surface area contributed by atoms with Gasteiger partial charge in [-0.15, -0.1) is 0 Å². The fourth-order valence-electron chi connectivity index (χ4n) is 4.18. The number of hydrazine groups is 1. The van der Waals surface area contributed by atoms with Crippen LogP contribution in [-0.4, -0.2) is 59.5 Å². The molecule has 0 aromatic heterocycles. The molecular formula is C20H27N5O4. The van der Waals surface area contributed by atoms with Crippen LogP contribution < -0.4 is 16.2 Å². The summed E-state index contributed by atoms with van der Waals surface area (Å²) in [6.45, 7) is 2.36. The molecule has 3 heterocycles. The van der Waals surface area contributed by atoms with Gasteiger partial charge in [0.2, 0.25) is 5.91 Å². The van der Waals surface area contributed by atoms with Crippen LogP contribution in [0.5, 0.6) is 0 Å². The van der Waals surface area contributed by atoms with Gasteiger partial charge in [-0.1, -0.05) is 30.3 Å². The minimum Gasteiger partial charge on any atom is -0.317 e. The smallest absolute Gasteiger partial charge is 0.317 e. The molecule has 0 unspecified atom stereocenters. The molecule has 156 valence electrons. The standard InChI is InChI=1S/C20H27N5O4/c26-18(15-8-10-21-11-9-15)22-23-19(27)17-7-6-16-12-24(17)20(28)25(16)29-13-14-4-2-1-3-5-14/h1-5,15-17,21H,6-13H2,(H,22,26)(H,23,27)/t16-,17+/m1/s1. The van der Waals surface area contributed by atoms with Crippen LogP contribution in [0, 0.1) is 5.92 Å². The maximum atomic E-state index is 12.8. The molecule has 29 heavy (non-hydrogen) atoms. The highest BCUT2D eigenvalue weighted by Crippen LogP contribution is 2.30. The van der Waals surface area contributed by atoms with Crippen molar-refractivity contribution in [2.24, 2.45) is 5.92 Å². The Labute approximate surface area is 169 Å². The third-order valence-corrected chi connectivity index (χ3v) is 5.86. The number of piperidine rings is 2. The van der Waals surface area contributed by atoms with Gasteiger partial charge < -0.3 is 10.2 Å². The number of carbonyl (C=O) groups is 3. The summed E-state index contributed by atoms with van der Waals surface area (Å²) in [5.41, 5.74) is 6.02. The highest BCUT2D eigenvalue weighted by Gasteiger charge is 2.48. The zero-order chi connectivity index (χ0) is 20.2. The number of fused-ring (bicyclic) bond motifs is 2. The van der Waals surface area contributed by atoms with Gasteiger partial charge in [-0.05, 0) is 44.3 Å². The predicted octanol–water partition coefficient (Wildman–Crippen LogP) is 0.534. The van der Waals surface area contributed by atoms with Gasteiger partial charge in [-0.2, -0.15) is 5.06 Å². The SMILES string of the molecule is O=C(NNC(=O)[C@@H]1CC[C@@H]2CN1C(=O)N2OCc1ccccc1)C1CCNCC1. The molecule has 0 aliphatic carbocycles. The Bertz CT molecular complexity index is 752. The summed E-state index contributed by atoms with van der Waals surface area (Å²) in [7, 11) is 0. The topological polar surface area (TPSA) is 103 Å². The highest BCUT2D eigenvalue weighted by atomic mass is 16.7. The Morgan fingerprint density at radius 3 is 2.52 bits per heavy atom. The highest BCUT2D eigenvalue weighted by molar-refractivity contribution is 5.90. The number of rotatable bonds is 5. The van der Waals surface area contributed by atoms with Gasteiger partial charge in [0.1, 0.15) is 12.6 Å². The van der Waals surface area contributed by atoms with Gasteiger partial charge in [0, 0.05) is 12.5 Å². The van der Waals surface area contributed by atoms with E-state index in [1.54, 1.807) is 0 Å². The Hall–Kier alpha value is -2.65. The molecule has 0 saturated carbocycles. The quantitative estimate of drug-likeness (QED) is 0.625. The van der Waals surface area contributed by atoms with Crippen molar-refractivity contribution >= 4 is 17.8 Å². The summed E-state index contributed by atoms with van der Waals surface area (Å²) in [5, 5.41) is 4.60. The number of amides is 4. The molecule has 3 N–H and O–H groups in total. The molecule has 0 radical (unpaired) electrons. The largest absolute Gasteiger partial charge is 0.345 e. The van der Waals surface area contributed by atoms with Crippen molar-refractivity contribution in [1.29, 1.82) is 0 Å².